The fourth-order valence-electron chi connectivity index (χ4n) is 7.77. The molecule has 0 unspecified atom stereocenters. The predicted molar refractivity (Wildman–Crippen MR) is 213 cm³/mol. The van der Waals surface area contributed by atoms with Crippen LogP contribution in [0.25, 0.3) is 31.9 Å². The van der Waals surface area contributed by atoms with Crippen molar-refractivity contribution in [3.8, 4) is 27.4 Å². The van der Waals surface area contributed by atoms with Crippen molar-refractivity contribution < 1.29 is 24.3 Å². The number of para-hydroxylation sites is 1. The first-order valence-electron chi connectivity index (χ1n) is 18.6. The average Bonchev–Trinajstić information content (AvgIpc) is 4.02. The molecule has 2 amide bonds. The van der Waals surface area contributed by atoms with Crippen LogP contribution in [0.15, 0.2) is 76.8 Å². The Hall–Kier alpha value is -5.18. The van der Waals surface area contributed by atoms with Crippen molar-refractivity contribution in [1.29, 1.82) is 0 Å². The molecule has 0 radical (unpaired) electrons. The molecule has 8 rings (SSSR count). The van der Waals surface area contributed by atoms with Gasteiger partial charge >= 0.3 is 0 Å². The number of carbonyl (C=O) groups is 2. The van der Waals surface area contributed by atoms with E-state index in [0.29, 0.717) is 22.8 Å². The average molecular weight is 778 g/mol. The third kappa shape index (κ3) is 7.33. The molecule has 0 bridgehead atoms. The first-order chi connectivity index (χ1) is 26.5. The van der Waals surface area contributed by atoms with Gasteiger partial charge in [0, 0.05) is 48.5 Å². The topological polar surface area (TPSA) is 158 Å². The number of benzene rings is 2. The summed E-state index contributed by atoms with van der Waals surface area (Å²) in [4.78, 5) is 38.3. The molecule has 2 fully saturated rings. The van der Waals surface area contributed by atoms with E-state index < -0.39 is 18.1 Å². The zero-order valence-corrected chi connectivity index (χ0v) is 32.7. The van der Waals surface area contributed by atoms with Gasteiger partial charge in [0.25, 0.3) is 0 Å². The number of aliphatic hydroxyl groups is 1. The summed E-state index contributed by atoms with van der Waals surface area (Å²) < 4.78 is 6.89. The van der Waals surface area contributed by atoms with Gasteiger partial charge in [-0.3, -0.25) is 9.59 Å². The highest BCUT2D eigenvalue weighted by Gasteiger charge is 2.44. The largest absolute Gasteiger partial charge is 0.507 e. The molecule has 3 N–H and O–H groups in total. The number of hydrogen-bond acceptors (Lipinski definition) is 12. The van der Waals surface area contributed by atoms with Crippen LogP contribution >= 0.6 is 22.7 Å². The number of fused-ring (bicyclic) bond motifs is 1. The quantitative estimate of drug-likeness (QED) is 0.132. The van der Waals surface area contributed by atoms with E-state index in [1.165, 1.54) is 9.78 Å². The molecule has 2 saturated heterocycles. The number of anilines is 1. The zero-order chi connectivity index (χ0) is 38.4. The lowest BCUT2D eigenvalue weighted by atomic mass is 9.91. The number of phenolic OH excluding ortho intramolecular Hbond substituents is 1. The number of aromatic nitrogens is 4. The van der Waals surface area contributed by atoms with E-state index in [9.17, 15) is 19.8 Å². The van der Waals surface area contributed by atoms with Crippen LogP contribution in [0.2, 0.25) is 0 Å². The highest BCUT2D eigenvalue weighted by Crippen LogP contribution is 2.39. The molecule has 14 heteroatoms. The monoisotopic (exact) mass is 777 g/mol. The molecule has 6 aromatic rings. The van der Waals surface area contributed by atoms with E-state index in [0.717, 1.165) is 51.4 Å². The summed E-state index contributed by atoms with van der Waals surface area (Å²) in [7, 11) is 0. The molecule has 0 aliphatic carbocycles. The standard InChI is InChI=1S/C41H43N7O5S2/c1-22(2)38(41(52)48-20-28(49)15-32(48)40(51)43-23(3)25-9-11-26(12-10-25)39-24(4)42-21-54-39)34-18-37(46-53-34)47-14-13-27(19-47)35-17-31-36(55-35)16-30(44-45-31)29-7-5-6-8-33(29)50/h5-12,16-18,21-23,27-28,32,38,49-50H,13-15,19-20H2,1-4H3,(H,43,51)/t23-,27+,28+,32-,38+/m0/s1. The Morgan fingerprint density at radius 2 is 1.82 bits per heavy atom. The van der Waals surface area contributed by atoms with Crippen LogP contribution in [0, 0.1) is 12.8 Å². The van der Waals surface area contributed by atoms with E-state index in [1.54, 1.807) is 34.8 Å². The van der Waals surface area contributed by atoms with Crippen molar-refractivity contribution in [2.24, 2.45) is 5.92 Å². The van der Waals surface area contributed by atoms with Crippen LogP contribution in [-0.2, 0) is 9.59 Å². The number of thiophene rings is 1. The second kappa shape index (κ2) is 15.2. The number of aryl methyl sites for hydroxylation is 1. The molecule has 0 saturated carbocycles. The van der Waals surface area contributed by atoms with Gasteiger partial charge in [0.05, 0.1) is 38.6 Å². The maximum Gasteiger partial charge on any atom is 0.243 e. The second-order valence-electron chi connectivity index (χ2n) is 14.9. The second-order valence-corrected chi connectivity index (χ2v) is 16.9. The van der Waals surface area contributed by atoms with Gasteiger partial charge in [-0.1, -0.05) is 55.4 Å². The lowest BCUT2D eigenvalue weighted by Gasteiger charge is -2.29. The molecule has 2 aliphatic rings. The first kappa shape index (κ1) is 36.8. The Kier molecular flexibility index (Phi) is 10.1. The highest BCUT2D eigenvalue weighted by molar-refractivity contribution is 7.19. The van der Waals surface area contributed by atoms with Crippen molar-refractivity contribution in [2.75, 3.05) is 24.5 Å². The van der Waals surface area contributed by atoms with Gasteiger partial charge in [-0.2, -0.15) is 0 Å². The summed E-state index contributed by atoms with van der Waals surface area (Å²) >= 11 is 3.28. The van der Waals surface area contributed by atoms with Crippen molar-refractivity contribution in [2.45, 2.75) is 70.6 Å². The number of aliphatic hydroxyl groups excluding tert-OH is 1. The molecular formula is C41H43N7O5S2. The lowest BCUT2D eigenvalue weighted by molar-refractivity contribution is -0.141. The molecule has 284 valence electrons. The molecular weight excluding hydrogens is 735 g/mol. The number of phenols is 1. The molecule has 5 atom stereocenters. The number of hydrogen-bond donors (Lipinski definition) is 3. The van der Waals surface area contributed by atoms with Crippen LogP contribution in [-0.4, -0.2) is 79.0 Å². The molecule has 0 spiro atoms. The Balaban J connectivity index is 0.933. The highest BCUT2D eigenvalue weighted by atomic mass is 32.1. The SMILES string of the molecule is Cc1ncsc1-c1ccc([C@H](C)NC(=O)[C@@H]2C[C@@H](O)CN2C(=O)[C@@H](c2cc(N3CC[C@@H](c4cc5nnc(-c6ccccc6O)cc5s4)C3)no2)C(C)C)cc1. The number of nitrogens with one attached hydrogen (secondary N) is 1. The van der Waals surface area contributed by atoms with Crippen molar-refractivity contribution >= 4 is 50.5 Å². The predicted octanol–water partition coefficient (Wildman–Crippen LogP) is 7.06. The molecule has 6 heterocycles. The number of β-amino-alcohol motifs (C(OH)–C–C–N with tert-alkyl or cyclic N) is 1. The van der Waals surface area contributed by atoms with E-state index in [1.807, 2.05) is 81.7 Å². The van der Waals surface area contributed by atoms with Gasteiger partial charge in [-0.25, -0.2) is 4.98 Å². The Morgan fingerprint density at radius 1 is 1.02 bits per heavy atom. The van der Waals surface area contributed by atoms with Crippen LogP contribution in [0.4, 0.5) is 5.82 Å². The van der Waals surface area contributed by atoms with E-state index in [-0.39, 0.29) is 48.4 Å². The normalized spacial score (nSPS) is 19.7. The molecule has 2 aromatic carbocycles. The number of rotatable bonds is 10. The van der Waals surface area contributed by atoms with E-state index in [4.69, 9.17) is 4.52 Å². The van der Waals surface area contributed by atoms with Gasteiger partial charge < -0.3 is 29.9 Å². The van der Waals surface area contributed by atoms with Crippen molar-refractivity contribution in [3.63, 3.8) is 0 Å². The minimum absolute atomic E-state index is 0.0692. The lowest BCUT2D eigenvalue weighted by Crippen LogP contribution is -2.48. The minimum Gasteiger partial charge on any atom is -0.507 e. The number of nitrogens with zero attached hydrogens (tertiary/aromatic N) is 6. The summed E-state index contributed by atoms with van der Waals surface area (Å²) in [6.07, 6.45) is 0.265. The zero-order valence-electron chi connectivity index (χ0n) is 31.0. The maximum absolute atomic E-state index is 14.3. The number of thiazole rings is 1. The Morgan fingerprint density at radius 3 is 2.56 bits per heavy atom. The third-order valence-electron chi connectivity index (χ3n) is 10.8. The van der Waals surface area contributed by atoms with Gasteiger partial charge in [0.15, 0.2) is 11.6 Å². The fourth-order valence-corrected chi connectivity index (χ4v) is 9.74. The van der Waals surface area contributed by atoms with Crippen LogP contribution in [0.5, 0.6) is 5.75 Å². The Bertz CT molecular complexity index is 2340. The van der Waals surface area contributed by atoms with Crippen molar-refractivity contribution in [1.82, 2.24) is 30.6 Å². The summed E-state index contributed by atoms with van der Waals surface area (Å²) in [5, 5.41) is 37.3. The summed E-state index contributed by atoms with van der Waals surface area (Å²) in [5.74, 6) is 0.135. The van der Waals surface area contributed by atoms with Crippen molar-refractivity contribution in [3.05, 3.63) is 94.1 Å². The maximum atomic E-state index is 14.3. The summed E-state index contributed by atoms with van der Waals surface area (Å²) in [5.41, 5.74) is 6.93. The number of amides is 2. The first-order valence-corrected chi connectivity index (χ1v) is 20.3. The van der Waals surface area contributed by atoms with Gasteiger partial charge in [0.1, 0.15) is 23.2 Å². The number of likely N-dealkylation sites (tertiary alicyclic amines) is 1. The van der Waals surface area contributed by atoms with E-state index >= 15 is 0 Å². The van der Waals surface area contributed by atoms with Gasteiger partial charge in [-0.15, -0.1) is 32.9 Å². The number of aromatic hydroxyl groups is 1. The van der Waals surface area contributed by atoms with Gasteiger partial charge in [0.2, 0.25) is 11.8 Å². The minimum atomic E-state index is -0.812. The molecule has 4 aromatic heterocycles. The van der Waals surface area contributed by atoms with Crippen LogP contribution < -0.4 is 10.2 Å². The summed E-state index contributed by atoms with van der Waals surface area (Å²) in [6, 6.07) is 20.0. The summed E-state index contributed by atoms with van der Waals surface area (Å²) in [6.45, 7) is 9.37. The molecule has 2 aliphatic heterocycles. The van der Waals surface area contributed by atoms with E-state index in [2.05, 4.69) is 36.6 Å². The van der Waals surface area contributed by atoms with Crippen LogP contribution in [0.1, 0.15) is 73.4 Å². The van der Waals surface area contributed by atoms with Gasteiger partial charge in [-0.05, 0) is 61.6 Å². The number of carbonyl (C=O) groups excluding carboxylic acids is 2. The molecule has 55 heavy (non-hydrogen) atoms. The third-order valence-corrected chi connectivity index (χ3v) is 13.0. The Labute approximate surface area is 326 Å². The fraction of sp³-hybridized carbons (Fsp3) is 0.366. The van der Waals surface area contributed by atoms with Crippen LogP contribution in [0.3, 0.4) is 0 Å². The smallest absolute Gasteiger partial charge is 0.243 e. The molecule has 12 nitrogen and oxygen atoms in total.